The lowest BCUT2D eigenvalue weighted by molar-refractivity contribution is -0.133. The van der Waals surface area contributed by atoms with Gasteiger partial charge in [-0.15, -0.1) is 0 Å². The topological polar surface area (TPSA) is 196 Å². The zero-order chi connectivity index (χ0) is 34.6. The number of rotatable bonds is 17. The highest BCUT2D eigenvalue weighted by Gasteiger charge is 2.37. The largest absolute Gasteiger partial charge is 0.394 e. The third-order valence-electron chi connectivity index (χ3n) is 10.7. The van der Waals surface area contributed by atoms with E-state index in [0.717, 1.165) is 52.0 Å². The van der Waals surface area contributed by atoms with Crippen LogP contribution in [0.15, 0.2) is 0 Å². The molecule has 0 radical (unpaired) electrons. The predicted molar refractivity (Wildman–Crippen MR) is 174 cm³/mol. The molecule has 4 fully saturated rings. The number of nitrogens with one attached hydrogen (secondary N) is 3. The number of piperidine rings is 1. The molecule has 3 saturated heterocycles. The number of likely N-dealkylation sites (tertiary alicyclic amines) is 2. The molecule has 4 rings (SSSR count). The third-order valence-corrected chi connectivity index (χ3v) is 10.7. The Bertz CT molecular complexity index is 972. The number of halogens is 1. The van der Waals surface area contributed by atoms with Crippen LogP contribution in [0.1, 0.15) is 57.8 Å². The maximum Gasteiger partial charge on any atom is 0.225 e. The van der Waals surface area contributed by atoms with E-state index in [4.69, 9.17) is 14.6 Å². The summed E-state index contributed by atoms with van der Waals surface area (Å²) in [6, 6.07) is 0. The van der Waals surface area contributed by atoms with E-state index in [1.165, 1.54) is 12.8 Å². The van der Waals surface area contributed by atoms with Crippen LogP contribution in [0.4, 0.5) is 4.39 Å². The van der Waals surface area contributed by atoms with Gasteiger partial charge in [0.25, 0.3) is 0 Å². The molecule has 1 aliphatic carbocycles. The lowest BCUT2D eigenvalue weighted by atomic mass is 9.83. The summed E-state index contributed by atoms with van der Waals surface area (Å²) < 4.78 is 26.5. The van der Waals surface area contributed by atoms with Gasteiger partial charge in [0.05, 0.1) is 31.3 Å². The Balaban J connectivity index is 1.05. The van der Waals surface area contributed by atoms with Crippen LogP contribution in [0.5, 0.6) is 0 Å². The van der Waals surface area contributed by atoms with Crippen LogP contribution in [0, 0.1) is 23.7 Å². The number of nitrogens with zero attached hydrogens (tertiary/aromatic N) is 2. The second-order valence-corrected chi connectivity index (χ2v) is 14.3. The number of hydrogen-bond acceptors (Lipinski definition) is 12. The Morgan fingerprint density at radius 3 is 2.33 bits per heavy atom. The van der Waals surface area contributed by atoms with Crippen molar-refractivity contribution in [3.05, 3.63) is 0 Å². The number of amides is 2. The first-order valence-electron chi connectivity index (χ1n) is 17.9. The Morgan fingerprint density at radius 2 is 1.67 bits per heavy atom. The Labute approximate surface area is 283 Å². The molecule has 0 bridgehead atoms. The predicted octanol–water partition coefficient (Wildman–Crippen LogP) is -1.47. The molecule has 3 heterocycles. The summed E-state index contributed by atoms with van der Waals surface area (Å²) in [7, 11) is 1.74. The lowest BCUT2D eigenvalue weighted by Gasteiger charge is -2.41. The summed E-state index contributed by atoms with van der Waals surface area (Å²) in [5, 5.41) is 57.7. The van der Waals surface area contributed by atoms with Crippen molar-refractivity contribution >= 4 is 11.8 Å². The average molecular weight is 690 g/mol. The molecule has 4 aliphatic rings. The fourth-order valence-corrected chi connectivity index (χ4v) is 7.55. The molecule has 0 aromatic heterocycles. The van der Waals surface area contributed by atoms with Crippen molar-refractivity contribution in [2.75, 3.05) is 72.7 Å². The Hall–Kier alpha value is -1.53. The van der Waals surface area contributed by atoms with Gasteiger partial charge in [-0.3, -0.25) is 25.1 Å². The highest BCUT2D eigenvalue weighted by Crippen LogP contribution is 2.33. The fourth-order valence-electron chi connectivity index (χ4n) is 7.55. The molecule has 1 saturated carbocycles. The summed E-state index contributed by atoms with van der Waals surface area (Å²) in [4.78, 5) is 29.6. The molecule has 14 nitrogen and oxygen atoms in total. The highest BCUT2D eigenvalue weighted by atomic mass is 19.1. The number of carbonyl (C=O) groups excluding carboxylic acids is 2. The van der Waals surface area contributed by atoms with E-state index in [0.29, 0.717) is 44.2 Å². The van der Waals surface area contributed by atoms with Crippen molar-refractivity contribution < 1.29 is 49.0 Å². The van der Waals surface area contributed by atoms with Gasteiger partial charge in [0.1, 0.15) is 30.8 Å². The van der Waals surface area contributed by atoms with E-state index in [1.54, 1.807) is 12.0 Å². The number of hydrogen-bond donors (Lipinski definition) is 8. The molecule has 3 unspecified atom stereocenters. The van der Waals surface area contributed by atoms with E-state index >= 15 is 4.39 Å². The molecule has 0 spiro atoms. The van der Waals surface area contributed by atoms with Crippen LogP contribution in [0.3, 0.4) is 0 Å². The van der Waals surface area contributed by atoms with Crippen molar-refractivity contribution in [3.63, 3.8) is 0 Å². The average Bonchev–Trinajstić information content (AvgIpc) is 3.61. The third kappa shape index (κ3) is 11.5. The fraction of sp³-hybridized carbons (Fsp3) is 0.939. The first-order valence-corrected chi connectivity index (χ1v) is 17.9. The van der Waals surface area contributed by atoms with Crippen molar-refractivity contribution in [1.82, 2.24) is 25.8 Å². The van der Waals surface area contributed by atoms with Crippen molar-refractivity contribution in [2.24, 2.45) is 23.7 Å². The molecule has 15 heteroatoms. The molecular weight excluding hydrogens is 629 g/mol. The first-order chi connectivity index (χ1) is 23.1. The summed E-state index contributed by atoms with van der Waals surface area (Å²) in [5.41, 5.74) is 0. The van der Waals surface area contributed by atoms with E-state index in [9.17, 15) is 30.0 Å². The van der Waals surface area contributed by atoms with Gasteiger partial charge in [0.15, 0.2) is 0 Å². The maximum absolute atomic E-state index is 15.1. The highest BCUT2D eigenvalue weighted by molar-refractivity contribution is 5.82. The molecule has 0 aromatic rings. The number of ether oxygens (including phenoxy) is 2. The van der Waals surface area contributed by atoms with Crippen molar-refractivity contribution in [2.45, 2.75) is 101 Å². The molecule has 3 aliphatic heterocycles. The van der Waals surface area contributed by atoms with Crippen LogP contribution < -0.4 is 16.0 Å². The molecule has 8 atom stereocenters. The van der Waals surface area contributed by atoms with Gasteiger partial charge in [0.2, 0.25) is 11.8 Å². The SMILES string of the molecule is COCC1CNC(N2CCC(CCCOC3CCC(CC(=O)N4CC[C@H](C(=O)NC[C@H](O)[C@@H](O)[C@H](O)[C@H](O)CO)C4)C(F)C3)CC2)NC1. The van der Waals surface area contributed by atoms with Gasteiger partial charge >= 0.3 is 0 Å². The second kappa shape index (κ2) is 19.8. The molecule has 48 heavy (non-hydrogen) atoms. The minimum Gasteiger partial charge on any atom is -0.394 e. The van der Waals surface area contributed by atoms with Crippen LogP contribution >= 0.6 is 0 Å². The number of carbonyl (C=O) groups is 2. The van der Waals surface area contributed by atoms with Crippen molar-refractivity contribution in [3.8, 4) is 0 Å². The van der Waals surface area contributed by atoms with Crippen molar-refractivity contribution in [1.29, 1.82) is 0 Å². The van der Waals surface area contributed by atoms with Gasteiger partial charge in [-0.25, -0.2) is 4.39 Å². The van der Waals surface area contributed by atoms with E-state index in [-0.39, 0.29) is 43.7 Å². The van der Waals surface area contributed by atoms with E-state index in [2.05, 4.69) is 20.9 Å². The Kier molecular flexibility index (Phi) is 16.2. The van der Waals surface area contributed by atoms with Gasteiger partial charge < -0.3 is 45.2 Å². The van der Waals surface area contributed by atoms with Crippen LogP contribution in [0.2, 0.25) is 0 Å². The van der Waals surface area contributed by atoms with Gasteiger partial charge in [-0.1, -0.05) is 0 Å². The summed E-state index contributed by atoms with van der Waals surface area (Å²) in [6.07, 6.45) is -1.18. The molecule has 0 aromatic carbocycles. The Morgan fingerprint density at radius 1 is 0.958 bits per heavy atom. The number of alkyl halides is 1. The first kappa shape index (κ1) is 39.3. The summed E-state index contributed by atoms with van der Waals surface area (Å²) in [5.74, 6) is -0.267. The normalized spacial score (nSPS) is 31.7. The van der Waals surface area contributed by atoms with E-state index in [1.807, 2.05) is 0 Å². The second-order valence-electron chi connectivity index (χ2n) is 14.3. The quantitative estimate of drug-likeness (QED) is 0.0828. The van der Waals surface area contributed by atoms with E-state index < -0.39 is 49.0 Å². The standard InChI is InChI=1S/C33H60FN5O9/c1-47-20-22-15-36-33(37-16-22)38-9-6-21(7-10-38)3-2-12-48-25-5-4-23(26(34)14-25)13-29(43)39-11-8-24(18-39)32(46)35-17-27(41)30(44)31(45)28(42)19-40/h21-28,30-31,33,36-37,40-42,44-45H,2-20H2,1H3,(H,35,46)/t22?,23?,24-,25?,26?,27-,28+,30+,31+,33?/m0/s1. The summed E-state index contributed by atoms with van der Waals surface area (Å²) in [6.45, 7) is 4.88. The number of aliphatic hydroxyl groups excluding tert-OH is 5. The minimum atomic E-state index is -1.78. The summed E-state index contributed by atoms with van der Waals surface area (Å²) >= 11 is 0. The van der Waals surface area contributed by atoms with Crippen LogP contribution in [-0.4, -0.2) is 163 Å². The lowest BCUT2D eigenvalue weighted by Crippen LogP contribution is -2.62. The van der Waals surface area contributed by atoms with Crippen LogP contribution in [0.25, 0.3) is 0 Å². The van der Waals surface area contributed by atoms with Gasteiger partial charge in [0, 0.05) is 78.3 Å². The zero-order valence-corrected chi connectivity index (χ0v) is 28.4. The monoisotopic (exact) mass is 689 g/mol. The molecular formula is C33H60FN5O9. The van der Waals surface area contributed by atoms with Gasteiger partial charge in [-0.2, -0.15) is 0 Å². The maximum atomic E-state index is 15.1. The smallest absolute Gasteiger partial charge is 0.225 e. The molecule has 8 N–H and O–H groups in total. The number of methoxy groups -OCH3 is 1. The zero-order valence-electron chi connectivity index (χ0n) is 28.4. The minimum absolute atomic E-state index is 0.0938. The number of aliphatic hydroxyl groups is 5. The molecule has 278 valence electrons. The molecule has 2 amide bonds. The van der Waals surface area contributed by atoms with Gasteiger partial charge in [-0.05, 0) is 56.8 Å². The van der Waals surface area contributed by atoms with Crippen LogP contribution in [-0.2, 0) is 19.1 Å².